The lowest BCUT2D eigenvalue weighted by atomic mass is 10.1. The van der Waals surface area contributed by atoms with Crippen LogP contribution in [0.2, 0.25) is 0 Å². The Kier molecular flexibility index (Phi) is 8.48. The minimum atomic E-state index is -1.05. The smallest absolute Gasteiger partial charge is 0.403 e. The molecule has 1 unspecified atom stereocenters. The maximum Gasteiger partial charge on any atom is 0.403 e. The van der Waals surface area contributed by atoms with Crippen molar-refractivity contribution in [2.24, 2.45) is 5.73 Å². The minimum Gasteiger partial charge on any atom is -0.480 e. The molecule has 1 aromatic carbocycles. The quantitative estimate of drug-likeness (QED) is 0.830. The van der Waals surface area contributed by atoms with E-state index in [0.29, 0.717) is 6.61 Å². The van der Waals surface area contributed by atoms with Gasteiger partial charge in [0.05, 0.1) is 6.61 Å². The highest BCUT2D eigenvalue weighted by Gasteiger charge is 2.11. The number of aliphatic carboxylic acids is 1. The zero-order valence-electron chi connectivity index (χ0n) is 10.3. The predicted octanol–water partition coefficient (Wildman–Crippen LogP) is 2.16. The number of benzene rings is 1. The maximum atomic E-state index is 12.4. The van der Waals surface area contributed by atoms with Gasteiger partial charge in [-0.2, -0.15) is 0 Å². The number of hydrogen-bond acceptors (Lipinski definition) is 4. The number of halogens is 2. The summed E-state index contributed by atoms with van der Waals surface area (Å²) in [6.07, 6.45) is 0.218. The zero-order valence-corrected chi connectivity index (χ0v) is 11.1. The molecule has 0 spiro atoms. The first kappa shape index (κ1) is 17.3. The molecule has 0 heterocycles. The van der Waals surface area contributed by atoms with Crippen LogP contribution in [-0.4, -0.2) is 29.2 Å². The molecule has 0 aliphatic carbocycles. The standard InChI is InChI=1S/C9H10FNO2.C3H5ClO2/c10-7-3-1-6(2-4-7)5-8(11)9(12)13;1-2-6-3(4)5/h1-4,8H,5,11H2,(H,12,13);2H2,1H3. The second kappa shape index (κ2) is 9.29. The molecule has 1 aromatic rings. The molecule has 3 N–H and O–H groups in total. The van der Waals surface area contributed by atoms with Gasteiger partial charge in [0.15, 0.2) is 0 Å². The van der Waals surface area contributed by atoms with E-state index in [4.69, 9.17) is 22.4 Å². The molecule has 0 aliphatic rings. The van der Waals surface area contributed by atoms with E-state index in [1.165, 1.54) is 24.3 Å². The van der Waals surface area contributed by atoms with E-state index in [1.54, 1.807) is 6.92 Å². The van der Waals surface area contributed by atoms with Gasteiger partial charge >= 0.3 is 11.4 Å². The van der Waals surface area contributed by atoms with E-state index in [2.05, 4.69) is 4.74 Å². The molecule has 5 nitrogen and oxygen atoms in total. The highest BCUT2D eigenvalue weighted by molar-refractivity contribution is 6.61. The van der Waals surface area contributed by atoms with Crippen molar-refractivity contribution < 1.29 is 23.8 Å². The summed E-state index contributed by atoms with van der Waals surface area (Å²) < 4.78 is 16.6. The molecule has 106 valence electrons. The molecule has 7 heteroatoms. The molecule has 0 aliphatic heterocycles. The van der Waals surface area contributed by atoms with E-state index in [1.807, 2.05) is 0 Å². The molecule has 0 radical (unpaired) electrons. The topological polar surface area (TPSA) is 89.6 Å². The molecule has 0 bridgehead atoms. The van der Waals surface area contributed by atoms with Gasteiger partial charge in [-0.05, 0) is 31.0 Å². The van der Waals surface area contributed by atoms with Crippen molar-refractivity contribution in [3.8, 4) is 0 Å². The summed E-state index contributed by atoms with van der Waals surface area (Å²) in [5.74, 6) is -1.39. The summed E-state index contributed by atoms with van der Waals surface area (Å²) in [7, 11) is 0. The second-order valence-corrected chi connectivity index (χ2v) is 3.75. The molecular weight excluding hydrogens is 277 g/mol. The van der Waals surface area contributed by atoms with Crippen LogP contribution in [0.3, 0.4) is 0 Å². The van der Waals surface area contributed by atoms with Crippen LogP contribution in [0.25, 0.3) is 0 Å². The van der Waals surface area contributed by atoms with Crippen molar-refractivity contribution >= 4 is 23.0 Å². The molecule has 19 heavy (non-hydrogen) atoms. The van der Waals surface area contributed by atoms with Crippen LogP contribution in [0.4, 0.5) is 9.18 Å². The Morgan fingerprint density at radius 1 is 1.42 bits per heavy atom. The van der Waals surface area contributed by atoms with E-state index < -0.39 is 17.4 Å². The Morgan fingerprint density at radius 3 is 2.26 bits per heavy atom. The SMILES string of the molecule is CCOC(=O)Cl.NC(Cc1ccc(F)cc1)C(=O)O. The molecule has 0 saturated carbocycles. The fraction of sp³-hybridized carbons (Fsp3) is 0.333. The number of carbonyl (C=O) groups excluding carboxylic acids is 1. The highest BCUT2D eigenvalue weighted by atomic mass is 35.5. The summed E-state index contributed by atoms with van der Waals surface area (Å²) in [5, 5.41) is 8.50. The number of carboxylic acid groups (broad SMARTS) is 1. The van der Waals surface area contributed by atoms with Gasteiger partial charge in [0.1, 0.15) is 11.9 Å². The third-order valence-corrected chi connectivity index (χ3v) is 2.05. The van der Waals surface area contributed by atoms with E-state index >= 15 is 0 Å². The van der Waals surface area contributed by atoms with Gasteiger partial charge in [0, 0.05) is 11.6 Å². The van der Waals surface area contributed by atoms with Crippen LogP contribution < -0.4 is 5.73 Å². The Labute approximate surface area is 115 Å². The molecule has 1 atom stereocenters. The number of carbonyl (C=O) groups is 2. The van der Waals surface area contributed by atoms with Gasteiger partial charge in [-0.25, -0.2) is 9.18 Å². The molecular formula is C12H15ClFNO4. The maximum absolute atomic E-state index is 12.4. The van der Waals surface area contributed by atoms with Crippen molar-refractivity contribution in [1.29, 1.82) is 0 Å². The van der Waals surface area contributed by atoms with E-state index in [-0.39, 0.29) is 12.2 Å². The third-order valence-electron chi connectivity index (χ3n) is 1.94. The Bertz CT molecular complexity index is 411. The highest BCUT2D eigenvalue weighted by Crippen LogP contribution is 2.04. The number of rotatable bonds is 4. The summed E-state index contributed by atoms with van der Waals surface area (Å²) >= 11 is 4.72. The normalized spacial score (nSPS) is 10.9. The van der Waals surface area contributed by atoms with Gasteiger partial charge < -0.3 is 15.6 Å². The Balaban J connectivity index is 0.000000459. The van der Waals surface area contributed by atoms with Gasteiger partial charge in [-0.3, -0.25) is 4.79 Å². The van der Waals surface area contributed by atoms with Crippen LogP contribution >= 0.6 is 11.6 Å². The van der Waals surface area contributed by atoms with Crippen LogP contribution in [0.5, 0.6) is 0 Å². The van der Waals surface area contributed by atoms with E-state index in [0.717, 1.165) is 5.56 Å². The lowest BCUT2D eigenvalue weighted by molar-refractivity contribution is -0.138. The molecule has 0 fully saturated rings. The average molecular weight is 292 g/mol. The molecule has 1 rings (SSSR count). The molecule has 0 saturated heterocycles. The number of carboxylic acids is 1. The monoisotopic (exact) mass is 291 g/mol. The Morgan fingerprint density at radius 2 is 1.95 bits per heavy atom. The first-order valence-corrected chi connectivity index (χ1v) is 5.79. The average Bonchev–Trinajstić information content (AvgIpc) is 2.32. The summed E-state index contributed by atoms with van der Waals surface area (Å²) in [6.45, 7) is 2.04. The van der Waals surface area contributed by atoms with Gasteiger partial charge in [0.25, 0.3) is 0 Å². The molecule has 0 aromatic heterocycles. The lowest BCUT2D eigenvalue weighted by Crippen LogP contribution is -2.32. The number of ether oxygens (including phenoxy) is 1. The van der Waals surface area contributed by atoms with Crippen LogP contribution in [-0.2, 0) is 16.0 Å². The zero-order chi connectivity index (χ0) is 14.8. The van der Waals surface area contributed by atoms with Crippen molar-refractivity contribution in [3.05, 3.63) is 35.6 Å². The van der Waals surface area contributed by atoms with Crippen molar-refractivity contribution in [3.63, 3.8) is 0 Å². The van der Waals surface area contributed by atoms with Crippen LogP contribution in [0, 0.1) is 5.82 Å². The van der Waals surface area contributed by atoms with Crippen molar-refractivity contribution in [1.82, 2.24) is 0 Å². The fourth-order valence-corrected chi connectivity index (χ4v) is 1.18. The minimum absolute atomic E-state index is 0.218. The lowest BCUT2D eigenvalue weighted by Gasteiger charge is -2.05. The summed E-state index contributed by atoms with van der Waals surface area (Å²) in [5.41, 5.74) is 5.27. The van der Waals surface area contributed by atoms with Gasteiger partial charge in [-0.15, -0.1) is 0 Å². The van der Waals surface area contributed by atoms with Crippen molar-refractivity contribution in [2.45, 2.75) is 19.4 Å². The third kappa shape index (κ3) is 8.98. The predicted molar refractivity (Wildman–Crippen MR) is 68.6 cm³/mol. The molecule has 0 amide bonds. The van der Waals surface area contributed by atoms with Crippen molar-refractivity contribution in [2.75, 3.05) is 6.61 Å². The summed E-state index contributed by atoms with van der Waals surface area (Å²) in [6, 6.07) is 4.69. The van der Waals surface area contributed by atoms with Crippen LogP contribution in [0.15, 0.2) is 24.3 Å². The first-order chi connectivity index (χ1) is 8.86. The van der Waals surface area contributed by atoms with E-state index in [9.17, 15) is 14.0 Å². The van der Waals surface area contributed by atoms with Gasteiger partial charge in [0.2, 0.25) is 0 Å². The Hall–Kier alpha value is -1.66. The second-order valence-electron chi connectivity index (χ2n) is 3.45. The largest absolute Gasteiger partial charge is 0.480 e. The van der Waals surface area contributed by atoms with Crippen LogP contribution in [0.1, 0.15) is 12.5 Å². The fourth-order valence-electron chi connectivity index (χ4n) is 1.08. The van der Waals surface area contributed by atoms with Gasteiger partial charge in [-0.1, -0.05) is 12.1 Å². The summed E-state index contributed by atoms with van der Waals surface area (Å²) in [4.78, 5) is 20.0. The number of hydrogen-bond donors (Lipinski definition) is 2. The first-order valence-electron chi connectivity index (χ1n) is 5.41. The number of nitrogens with two attached hydrogens (primary N) is 1.